The Hall–Kier alpha value is -2.29. The molecule has 1 aliphatic heterocycles. The van der Waals surface area contributed by atoms with Crippen molar-refractivity contribution in [3.63, 3.8) is 0 Å². The van der Waals surface area contributed by atoms with Gasteiger partial charge in [0.2, 0.25) is 15.8 Å². The lowest BCUT2D eigenvalue weighted by atomic mass is 10.2. The third-order valence-corrected chi connectivity index (χ3v) is 7.46. The van der Waals surface area contributed by atoms with Gasteiger partial charge in [0.15, 0.2) is 6.61 Å². The van der Waals surface area contributed by atoms with Gasteiger partial charge in [0.25, 0.3) is 0 Å². The zero-order valence-electron chi connectivity index (χ0n) is 16.0. The second-order valence-electron chi connectivity index (χ2n) is 6.73. The first-order chi connectivity index (χ1) is 14.0. The van der Waals surface area contributed by atoms with E-state index in [1.165, 1.54) is 23.5 Å². The lowest BCUT2D eigenvalue weighted by Crippen LogP contribution is -2.31. The van der Waals surface area contributed by atoms with Crippen LogP contribution in [0.5, 0.6) is 0 Å². The van der Waals surface area contributed by atoms with Gasteiger partial charge in [0.05, 0.1) is 9.77 Å². The number of nitrogens with zero attached hydrogens (tertiary/aromatic N) is 1. The molecule has 1 aromatic heterocycles. The molecule has 2 aromatic rings. The molecule has 0 radical (unpaired) electrons. The predicted molar refractivity (Wildman–Crippen MR) is 112 cm³/mol. The zero-order valence-corrected chi connectivity index (χ0v) is 17.6. The number of hydrogen-bond acceptors (Lipinski definition) is 6. The fourth-order valence-electron chi connectivity index (χ4n) is 3.04. The third kappa shape index (κ3) is 5.85. The molecule has 29 heavy (non-hydrogen) atoms. The molecule has 0 N–H and O–H groups in total. The van der Waals surface area contributed by atoms with Gasteiger partial charge in [-0.15, -0.1) is 11.3 Å². The molecule has 0 amide bonds. The molecule has 154 valence electrons. The van der Waals surface area contributed by atoms with Gasteiger partial charge in [-0.1, -0.05) is 31.0 Å². The van der Waals surface area contributed by atoms with Crippen molar-refractivity contribution in [1.82, 2.24) is 4.31 Å². The molecule has 0 unspecified atom stereocenters. The molecule has 2 heterocycles. The number of rotatable bonds is 7. The molecule has 1 aliphatic rings. The first-order valence-corrected chi connectivity index (χ1v) is 11.8. The minimum absolute atomic E-state index is 0.246. The highest BCUT2D eigenvalue weighted by molar-refractivity contribution is 7.89. The minimum atomic E-state index is -3.49. The summed E-state index contributed by atoms with van der Waals surface area (Å²) < 4.78 is 32.0. The number of sulfonamides is 1. The first-order valence-electron chi connectivity index (χ1n) is 9.48. The number of hydrogen-bond donors (Lipinski definition) is 0. The fourth-order valence-corrected chi connectivity index (χ4v) is 5.21. The van der Waals surface area contributed by atoms with Crippen LogP contribution in [0.3, 0.4) is 0 Å². The van der Waals surface area contributed by atoms with E-state index in [9.17, 15) is 18.0 Å². The quantitative estimate of drug-likeness (QED) is 0.377. The highest BCUT2D eigenvalue weighted by Gasteiger charge is 2.24. The number of benzene rings is 1. The average Bonchev–Trinajstić information content (AvgIpc) is 3.12. The van der Waals surface area contributed by atoms with Crippen molar-refractivity contribution in [2.24, 2.45) is 0 Å². The van der Waals surface area contributed by atoms with Crippen molar-refractivity contribution in [2.75, 3.05) is 19.7 Å². The summed E-state index contributed by atoms with van der Waals surface area (Å²) in [6.45, 7) is 0.802. The Labute approximate surface area is 174 Å². The molecule has 3 rings (SSSR count). The number of esters is 1. The van der Waals surface area contributed by atoms with Crippen LogP contribution in [0.2, 0.25) is 0 Å². The van der Waals surface area contributed by atoms with E-state index in [1.807, 2.05) is 0 Å². The van der Waals surface area contributed by atoms with Crippen LogP contribution in [0.1, 0.15) is 40.9 Å². The van der Waals surface area contributed by atoms with E-state index < -0.39 is 16.0 Å². The number of thiophene rings is 1. The summed E-state index contributed by atoms with van der Waals surface area (Å²) in [5.41, 5.74) is 0.668. The predicted octanol–water partition coefficient (Wildman–Crippen LogP) is 3.75. The van der Waals surface area contributed by atoms with E-state index in [4.69, 9.17) is 4.74 Å². The number of ketones is 1. The Kier molecular flexibility index (Phi) is 7.35. The summed E-state index contributed by atoms with van der Waals surface area (Å²) in [6.07, 6.45) is 6.64. The van der Waals surface area contributed by atoms with Crippen LogP contribution < -0.4 is 0 Å². The molecule has 1 aromatic carbocycles. The van der Waals surface area contributed by atoms with Gasteiger partial charge in [-0.2, -0.15) is 4.31 Å². The summed E-state index contributed by atoms with van der Waals surface area (Å²) in [6, 6.07) is 9.82. The number of carbonyl (C=O) groups excluding carboxylic acids is 2. The van der Waals surface area contributed by atoms with E-state index >= 15 is 0 Å². The summed E-state index contributed by atoms with van der Waals surface area (Å²) in [5, 5.41) is 1.78. The zero-order chi connectivity index (χ0) is 20.7. The van der Waals surface area contributed by atoms with E-state index in [-0.39, 0.29) is 17.3 Å². The fraction of sp³-hybridized carbons (Fsp3) is 0.333. The van der Waals surface area contributed by atoms with Crippen LogP contribution in [0, 0.1) is 0 Å². The van der Waals surface area contributed by atoms with Gasteiger partial charge in [0.1, 0.15) is 0 Å². The molecule has 0 bridgehead atoms. The van der Waals surface area contributed by atoms with Crippen LogP contribution >= 0.6 is 11.3 Å². The molecule has 6 nitrogen and oxygen atoms in total. The van der Waals surface area contributed by atoms with Crippen LogP contribution in [0.25, 0.3) is 6.08 Å². The number of ether oxygens (including phenoxy) is 1. The first kappa shape index (κ1) is 21.4. The van der Waals surface area contributed by atoms with Crippen molar-refractivity contribution < 1.29 is 22.7 Å². The monoisotopic (exact) mass is 433 g/mol. The standard InChI is InChI=1S/C21H23NO5S2/c23-19(20-6-5-15-28-20)16-27-21(24)12-9-17-7-10-18(11-8-17)29(25,26)22-13-3-1-2-4-14-22/h5-12,15H,1-4,13-14,16H2. The smallest absolute Gasteiger partial charge is 0.331 e. The van der Waals surface area contributed by atoms with Crippen molar-refractivity contribution in [3.8, 4) is 0 Å². The van der Waals surface area contributed by atoms with Gasteiger partial charge >= 0.3 is 5.97 Å². The molecule has 0 atom stereocenters. The molecule has 1 fully saturated rings. The second kappa shape index (κ2) is 9.96. The maximum atomic E-state index is 12.8. The van der Waals surface area contributed by atoms with E-state index in [0.717, 1.165) is 25.7 Å². The van der Waals surface area contributed by atoms with Gasteiger partial charge in [0, 0.05) is 19.2 Å². The van der Waals surface area contributed by atoms with E-state index in [1.54, 1.807) is 46.1 Å². The highest BCUT2D eigenvalue weighted by atomic mass is 32.2. The molecular weight excluding hydrogens is 410 g/mol. The van der Waals surface area contributed by atoms with Crippen LogP contribution in [0.4, 0.5) is 0 Å². The van der Waals surface area contributed by atoms with Crippen molar-refractivity contribution in [1.29, 1.82) is 0 Å². The van der Waals surface area contributed by atoms with Crippen molar-refractivity contribution >= 4 is 39.2 Å². The highest BCUT2D eigenvalue weighted by Crippen LogP contribution is 2.21. The summed E-state index contributed by atoms with van der Waals surface area (Å²) in [4.78, 5) is 24.4. The molecule has 0 saturated carbocycles. The third-order valence-electron chi connectivity index (χ3n) is 4.64. The lowest BCUT2D eigenvalue weighted by molar-refractivity contribution is -0.136. The maximum absolute atomic E-state index is 12.8. The number of carbonyl (C=O) groups is 2. The second-order valence-corrected chi connectivity index (χ2v) is 9.61. The van der Waals surface area contributed by atoms with Crippen molar-refractivity contribution in [2.45, 2.75) is 30.6 Å². The molecular formula is C21H23NO5S2. The Morgan fingerprint density at radius 1 is 1.03 bits per heavy atom. The lowest BCUT2D eigenvalue weighted by Gasteiger charge is -2.19. The van der Waals surface area contributed by atoms with Crippen molar-refractivity contribution in [3.05, 3.63) is 58.3 Å². The van der Waals surface area contributed by atoms with Gasteiger partial charge < -0.3 is 4.74 Å². The summed E-state index contributed by atoms with van der Waals surface area (Å²) >= 11 is 1.30. The maximum Gasteiger partial charge on any atom is 0.331 e. The molecule has 1 saturated heterocycles. The normalized spacial score (nSPS) is 15.9. The largest absolute Gasteiger partial charge is 0.454 e. The van der Waals surface area contributed by atoms with Crippen LogP contribution in [0.15, 0.2) is 52.7 Å². The minimum Gasteiger partial charge on any atom is -0.454 e. The van der Waals surface area contributed by atoms with Gasteiger partial charge in [-0.05, 0) is 48.1 Å². The van der Waals surface area contributed by atoms with Gasteiger partial charge in [-0.25, -0.2) is 13.2 Å². The SMILES string of the molecule is O=C(C=Cc1ccc(S(=O)(=O)N2CCCCCC2)cc1)OCC(=O)c1cccs1. The number of Topliss-reactive ketones (excluding diaryl/α,β-unsaturated/α-hetero) is 1. The molecule has 0 spiro atoms. The summed E-state index contributed by atoms with van der Waals surface area (Å²) in [7, 11) is -3.49. The average molecular weight is 434 g/mol. The van der Waals surface area contributed by atoms with Gasteiger partial charge in [-0.3, -0.25) is 4.79 Å². The Morgan fingerprint density at radius 2 is 1.72 bits per heavy atom. The summed E-state index contributed by atoms with van der Waals surface area (Å²) in [5.74, 6) is -0.874. The van der Waals surface area contributed by atoms with Crippen LogP contribution in [-0.2, 0) is 19.6 Å². The van der Waals surface area contributed by atoms with Crippen LogP contribution in [-0.4, -0.2) is 44.2 Å². The Morgan fingerprint density at radius 3 is 2.34 bits per heavy atom. The Balaban J connectivity index is 1.56. The van der Waals surface area contributed by atoms with E-state index in [2.05, 4.69) is 0 Å². The Bertz CT molecular complexity index is 955. The van der Waals surface area contributed by atoms with E-state index in [0.29, 0.717) is 23.5 Å². The topological polar surface area (TPSA) is 80.8 Å². The molecule has 0 aliphatic carbocycles. The molecule has 8 heteroatoms.